The Morgan fingerprint density at radius 3 is 2.46 bits per heavy atom. The molecule has 0 atom stereocenters. The number of carbonyl (C=O) groups excluding carboxylic acids is 3. The van der Waals surface area contributed by atoms with Crippen LogP contribution in [0.25, 0.3) is 6.08 Å². The highest BCUT2D eigenvalue weighted by Gasteiger charge is 2.35. The molecule has 0 radical (unpaired) electrons. The monoisotopic (exact) mass is 488 g/mol. The van der Waals surface area contributed by atoms with Crippen LogP contribution in [0.2, 0.25) is 0 Å². The first-order valence-electron chi connectivity index (χ1n) is 10.9. The van der Waals surface area contributed by atoms with E-state index in [0.29, 0.717) is 27.7 Å². The number of benzene rings is 3. The van der Waals surface area contributed by atoms with E-state index in [4.69, 9.17) is 9.47 Å². The fraction of sp³-hybridized carbons (Fsp3) is 0.148. The van der Waals surface area contributed by atoms with E-state index < -0.39 is 0 Å². The SMILES string of the molecule is COc1cc(/C=C2/SC(=O)N(Cc3ccccc3)C2=O)ccc1OCC(=O)Nc1ccc(C)cc1. The molecule has 35 heavy (non-hydrogen) atoms. The summed E-state index contributed by atoms with van der Waals surface area (Å²) in [5.74, 6) is 0.161. The molecular weight excluding hydrogens is 464 g/mol. The van der Waals surface area contributed by atoms with Crippen LogP contribution in [0, 0.1) is 6.92 Å². The zero-order valence-corrected chi connectivity index (χ0v) is 20.1. The molecule has 3 aromatic rings. The van der Waals surface area contributed by atoms with E-state index in [2.05, 4.69) is 5.32 Å². The van der Waals surface area contributed by atoms with Crippen LogP contribution < -0.4 is 14.8 Å². The predicted octanol–water partition coefficient (Wildman–Crippen LogP) is 5.26. The Balaban J connectivity index is 1.41. The summed E-state index contributed by atoms with van der Waals surface area (Å²) in [6, 6.07) is 21.9. The maximum absolute atomic E-state index is 12.8. The van der Waals surface area contributed by atoms with Crippen LogP contribution in [0.3, 0.4) is 0 Å². The number of imide groups is 1. The lowest BCUT2D eigenvalue weighted by molar-refractivity contribution is -0.123. The number of aryl methyl sites for hydroxylation is 1. The van der Waals surface area contributed by atoms with Crippen LogP contribution >= 0.6 is 11.8 Å². The lowest BCUT2D eigenvalue weighted by Gasteiger charge is -2.12. The van der Waals surface area contributed by atoms with Gasteiger partial charge in [-0.2, -0.15) is 0 Å². The number of ether oxygens (including phenoxy) is 2. The van der Waals surface area contributed by atoms with Crippen LogP contribution in [0.5, 0.6) is 11.5 Å². The highest BCUT2D eigenvalue weighted by molar-refractivity contribution is 8.18. The van der Waals surface area contributed by atoms with Crippen molar-refractivity contribution in [3.63, 3.8) is 0 Å². The molecule has 0 saturated carbocycles. The largest absolute Gasteiger partial charge is 0.493 e. The van der Waals surface area contributed by atoms with E-state index in [1.165, 1.54) is 12.0 Å². The normalized spacial score (nSPS) is 14.3. The van der Waals surface area contributed by atoms with Crippen molar-refractivity contribution >= 4 is 40.6 Å². The predicted molar refractivity (Wildman–Crippen MR) is 136 cm³/mol. The number of methoxy groups -OCH3 is 1. The number of nitrogens with one attached hydrogen (secondary N) is 1. The minimum Gasteiger partial charge on any atom is -0.493 e. The smallest absolute Gasteiger partial charge is 0.293 e. The summed E-state index contributed by atoms with van der Waals surface area (Å²) >= 11 is 0.903. The number of rotatable bonds is 8. The van der Waals surface area contributed by atoms with Crippen molar-refractivity contribution in [2.75, 3.05) is 19.0 Å². The van der Waals surface area contributed by atoms with Gasteiger partial charge < -0.3 is 14.8 Å². The van der Waals surface area contributed by atoms with E-state index in [9.17, 15) is 14.4 Å². The molecule has 178 valence electrons. The van der Waals surface area contributed by atoms with E-state index in [-0.39, 0.29) is 30.2 Å². The van der Waals surface area contributed by atoms with Gasteiger partial charge in [0.05, 0.1) is 18.6 Å². The summed E-state index contributed by atoms with van der Waals surface area (Å²) in [5.41, 5.74) is 3.34. The Bertz CT molecular complexity index is 1270. The maximum Gasteiger partial charge on any atom is 0.293 e. The third kappa shape index (κ3) is 6.10. The second-order valence-electron chi connectivity index (χ2n) is 7.87. The van der Waals surface area contributed by atoms with Crippen molar-refractivity contribution in [3.05, 3.63) is 94.4 Å². The van der Waals surface area contributed by atoms with Gasteiger partial charge in [0.2, 0.25) is 0 Å². The Labute approximate surface area is 207 Å². The fourth-order valence-corrected chi connectivity index (χ4v) is 4.26. The molecule has 3 amide bonds. The number of thioether (sulfide) groups is 1. The summed E-state index contributed by atoms with van der Waals surface area (Å²) in [6.07, 6.45) is 1.65. The van der Waals surface area contributed by atoms with Crippen LogP contribution in [-0.4, -0.2) is 35.7 Å². The highest BCUT2D eigenvalue weighted by atomic mass is 32.2. The van der Waals surface area contributed by atoms with E-state index in [0.717, 1.165) is 22.9 Å². The molecule has 1 aliphatic rings. The molecular formula is C27H24N2O5S. The first-order valence-corrected chi connectivity index (χ1v) is 11.7. The third-order valence-corrected chi connectivity index (χ3v) is 6.14. The minimum absolute atomic E-state index is 0.193. The van der Waals surface area contributed by atoms with Crippen molar-refractivity contribution in [3.8, 4) is 11.5 Å². The minimum atomic E-state index is -0.337. The fourth-order valence-electron chi connectivity index (χ4n) is 3.42. The van der Waals surface area contributed by atoms with Crippen LogP contribution in [0.4, 0.5) is 10.5 Å². The number of amides is 3. The Kier molecular flexibility index (Phi) is 7.52. The maximum atomic E-state index is 12.8. The van der Waals surface area contributed by atoms with Gasteiger partial charge in [0.25, 0.3) is 17.1 Å². The van der Waals surface area contributed by atoms with Crippen molar-refractivity contribution in [1.82, 2.24) is 4.90 Å². The molecule has 7 nitrogen and oxygen atoms in total. The van der Waals surface area contributed by atoms with Crippen molar-refractivity contribution in [2.45, 2.75) is 13.5 Å². The molecule has 1 aliphatic heterocycles. The molecule has 1 saturated heterocycles. The molecule has 0 bridgehead atoms. The second-order valence-corrected chi connectivity index (χ2v) is 8.86. The average Bonchev–Trinajstić information content (AvgIpc) is 3.12. The molecule has 0 aliphatic carbocycles. The summed E-state index contributed by atoms with van der Waals surface area (Å²) in [5, 5.41) is 2.47. The first-order chi connectivity index (χ1) is 16.9. The lowest BCUT2D eigenvalue weighted by Crippen LogP contribution is -2.27. The van der Waals surface area contributed by atoms with Gasteiger partial charge in [0, 0.05) is 5.69 Å². The molecule has 3 aromatic carbocycles. The molecule has 0 aromatic heterocycles. The van der Waals surface area contributed by atoms with E-state index >= 15 is 0 Å². The highest BCUT2D eigenvalue weighted by Crippen LogP contribution is 2.35. The van der Waals surface area contributed by atoms with E-state index in [1.807, 2.05) is 61.5 Å². The number of carbonyl (C=O) groups is 3. The second kappa shape index (κ2) is 10.9. The molecule has 8 heteroatoms. The summed E-state index contributed by atoms with van der Waals surface area (Å²) in [7, 11) is 1.49. The topological polar surface area (TPSA) is 84.9 Å². The van der Waals surface area contributed by atoms with Crippen LogP contribution in [0.15, 0.2) is 77.7 Å². The zero-order chi connectivity index (χ0) is 24.8. The van der Waals surface area contributed by atoms with Gasteiger partial charge in [-0.3, -0.25) is 19.3 Å². The first kappa shape index (κ1) is 24.1. The van der Waals surface area contributed by atoms with Gasteiger partial charge in [0.15, 0.2) is 18.1 Å². The van der Waals surface area contributed by atoms with Gasteiger partial charge in [0.1, 0.15) is 0 Å². The average molecular weight is 489 g/mol. The number of hydrogen-bond donors (Lipinski definition) is 1. The molecule has 4 rings (SSSR count). The van der Waals surface area contributed by atoms with Crippen molar-refractivity contribution < 1.29 is 23.9 Å². The molecule has 1 N–H and O–H groups in total. The van der Waals surface area contributed by atoms with Gasteiger partial charge in [-0.05, 0) is 60.2 Å². The number of nitrogens with zero attached hydrogens (tertiary/aromatic N) is 1. The van der Waals surface area contributed by atoms with Crippen LogP contribution in [-0.2, 0) is 16.1 Å². The molecule has 0 unspecified atom stereocenters. The lowest BCUT2D eigenvalue weighted by atomic mass is 10.1. The number of anilines is 1. The zero-order valence-electron chi connectivity index (χ0n) is 19.3. The molecule has 0 spiro atoms. The molecule has 1 fully saturated rings. The molecule has 1 heterocycles. The van der Waals surface area contributed by atoms with Gasteiger partial charge in [-0.25, -0.2) is 0 Å². The van der Waals surface area contributed by atoms with Gasteiger partial charge >= 0.3 is 0 Å². The Morgan fingerprint density at radius 1 is 1.00 bits per heavy atom. The summed E-state index contributed by atoms with van der Waals surface area (Å²) in [6.45, 7) is 2.01. The van der Waals surface area contributed by atoms with Gasteiger partial charge in [-0.15, -0.1) is 0 Å². The Morgan fingerprint density at radius 2 is 1.74 bits per heavy atom. The van der Waals surface area contributed by atoms with Crippen molar-refractivity contribution in [2.24, 2.45) is 0 Å². The third-order valence-electron chi connectivity index (χ3n) is 5.24. The quantitative estimate of drug-likeness (QED) is 0.436. The van der Waals surface area contributed by atoms with Crippen LogP contribution in [0.1, 0.15) is 16.7 Å². The van der Waals surface area contributed by atoms with Gasteiger partial charge in [-0.1, -0.05) is 54.1 Å². The summed E-state index contributed by atoms with van der Waals surface area (Å²) in [4.78, 5) is 39.0. The van der Waals surface area contributed by atoms with E-state index in [1.54, 1.807) is 24.3 Å². The summed E-state index contributed by atoms with van der Waals surface area (Å²) < 4.78 is 11.0. The van der Waals surface area contributed by atoms with Crippen molar-refractivity contribution in [1.29, 1.82) is 0 Å². The number of hydrogen-bond acceptors (Lipinski definition) is 6. The standard InChI is InChI=1S/C27H24N2O5S/c1-18-8-11-21(12-9-18)28-25(30)17-34-22-13-10-20(14-23(22)33-2)15-24-26(31)29(27(32)35-24)16-19-6-4-3-5-7-19/h3-15H,16-17H2,1-2H3,(H,28,30)/b24-15+. The Hall–Kier alpha value is -4.04.